The van der Waals surface area contributed by atoms with Crippen molar-refractivity contribution in [3.8, 4) is 0 Å². The van der Waals surface area contributed by atoms with Crippen LogP contribution in [0.3, 0.4) is 0 Å². The van der Waals surface area contributed by atoms with E-state index >= 15 is 0 Å². The Bertz CT molecular complexity index is 1340. The van der Waals surface area contributed by atoms with Crippen LogP contribution in [0, 0.1) is 11.3 Å². The lowest BCUT2D eigenvalue weighted by Gasteiger charge is -2.22. The van der Waals surface area contributed by atoms with Gasteiger partial charge in [-0.05, 0) is 107 Å². The number of hydrazine groups is 1. The van der Waals surface area contributed by atoms with Gasteiger partial charge in [0, 0.05) is 43.0 Å². The van der Waals surface area contributed by atoms with Crippen molar-refractivity contribution in [2.45, 2.75) is 75.2 Å². The summed E-state index contributed by atoms with van der Waals surface area (Å²) < 4.78 is 47.7. The number of alkyl halides is 3. The first-order chi connectivity index (χ1) is 20.8. The molecule has 5 rings (SSSR count). The predicted molar refractivity (Wildman–Crippen MR) is 166 cm³/mol. The SMILES string of the molecule is CN(CCCC1CNC(C)(C)C1)c1ccc(SNC(=O)c2ccc(N3C=CC(OCCC4(C(F)(F)F)CC4)N3)nc2Cl)cn1. The fourth-order valence-electron chi connectivity index (χ4n) is 5.60. The van der Waals surface area contributed by atoms with Crippen LogP contribution in [-0.4, -0.2) is 60.6 Å². The Labute approximate surface area is 265 Å². The molecule has 0 spiro atoms. The van der Waals surface area contributed by atoms with Crippen molar-refractivity contribution in [2.75, 3.05) is 36.7 Å². The van der Waals surface area contributed by atoms with E-state index in [1.54, 1.807) is 35.6 Å². The van der Waals surface area contributed by atoms with E-state index in [4.69, 9.17) is 16.3 Å². The summed E-state index contributed by atoms with van der Waals surface area (Å²) >= 11 is 7.48. The number of halogens is 4. The fourth-order valence-corrected chi connectivity index (χ4v) is 6.40. The van der Waals surface area contributed by atoms with E-state index in [-0.39, 0.29) is 42.1 Å². The normalized spacial score (nSPS) is 21.9. The van der Waals surface area contributed by atoms with Crippen molar-refractivity contribution >= 4 is 41.1 Å². The molecule has 3 N–H and O–H groups in total. The van der Waals surface area contributed by atoms with Gasteiger partial charge in [-0.25, -0.2) is 9.97 Å². The van der Waals surface area contributed by atoms with Gasteiger partial charge in [-0.1, -0.05) is 11.6 Å². The van der Waals surface area contributed by atoms with Gasteiger partial charge in [0.25, 0.3) is 5.91 Å². The number of anilines is 2. The van der Waals surface area contributed by atoms with Gasteiger partial charge < -0.3 is 15.0 Å². The van der Waals surface area contributed by atoms with E-state index in [9.17, 15) is 18.0 Å². The van der Waals surface area contributed by atoms with Gasteiger partial charge >= 0.3 is 6.18 Å². The molecule has 1 saturated carbocycles. The number of hydrogen-bond acceptors (Lipinski definition) is 9. The first-order valence-electron chi connectivity index (χ1n) is 14.8. The number of nitrogens with zero attached hydrogens (tertiary/aromatic N) is 4. The van der Waals surface area contributed by atoms with Crippen molar-refractivity contribution in [1.82, 2.24) is 25.4 Å². The zero-order chi connectivity index (χ0) is 31.5. The summed E-state index contributed by atoms with van der Waals surface area (Å²) in [5, 5.41) is 5.13. The van der Waals surface area contributed by atoms with Gasteiger partial charge in [0.2, 0.25) is 0 Å². The highest BCUT2D eigenvalue weighted by Gasteiger charge is 2.62. The lowest BCUT2D eigenvalue weighted by atomic mass is 9.94. The van der Waals surface area contributed by atoms with Crippen molar-refractivity contribution in [3.05, 3.63) is 53.5 Å². The van der Waals surface area contributed by atoms with Crippen LogP contribution in [0.2, 0.25) is 5.15 Å². The third-order valence-corrected chi connectivity index (χ3v) is 9.53. The maximum Gasteiger partial charge on any atom is 0.394 e. The predicted octanol–water partition coefficient (Wildman–Crippen LogP) is 6.09. The summed E-state index contributed by atoms with van der Waals surface area (Å²) in [4.78, 5) is 24.6. The van der Waals surface area contributed by atoms with E-state index < -0.39 is 23.7 Å². The molecule has 1 saturated heterocycles. The number of carbonyl (C=O) groups is 1. The Morgan fingerprint density at radius 3 is 2.70 bits per heavy atom. The van der Waals surface area contributed by atoms with Gasteiger partial charge in [0.1, 0.15) is 23.0 Å². The molecule has 9 nitrogen and oxygen atoms in total. The van der Waals surface area contributed by atoms with Gasteiger partial charge in [-0.15, -0.1) is 0 Å². The van der Waals surface area contributed by atoms with Crippen molar-refractivity contribution in [1.29, 1.82) is 0 Å². The number of rotatable bonds is 13. The van der Waals surface area contributed by atoms with E-state index in [1.165, 1.54) is 12.8 Å². The Hall–Kier alpha value is -2.58. The molecule has 14 heteroatoms. The molecule has 0 radical (unpaired) electrons. The van der Waals surface area contributed by atoms with Gasteiger partial charge in [-0.3, -0.25) is 14.5 Å². The number of pyridine rings is 2. The van der Waals surface area contributed by atoms with Gasteiger partial charge in [0.15, 0.2) is 0 Å². The molecule has 2 aromatic heterocycles. The molecular formula is C30H39ClF3N7O2S. The minimum atomic E-state index is -4.20. The van der Waals surface area contributed by atoms with Crippen molar-refractivity contribution in [3.63, 3.8) is 0 Å². The van der Waals surface area contributed by atoms with E-state index in [2.05, 4.69) is 44.2 Å². The highest BCUT2D eigenvalue weighted by atomic mass is 35.5. The Kier molecular flexibility index (Phi) is 10.0. The summed E-state index contributed by atoms with van der Waals surface area (Å²) in [6.07, 6.45) is 3.99. The van der Waals surface area contributed by atoms with E-state index in [0.717, 1.165) is 48.1 Å². The molecule has 1 aliphatic carbocycles. The monoisotopic (exact) mass is 653 g/mol. The smallest absolute Gasteiger partial charge is 0.360 e. The summed E-state index contributed by atoms with van der Waals surface area (Å²) in [5.74, 6) is 1.59. The van der Waals surface area contributed by atoms with Crippen molar-refractivity contribution < 1.29 is 22.7 Å². The van der Waals surface area contributed by atoms with Crippen LogP contribution in [0.25, 0.3) is 0 Å². The van der Waals surface area contributed by atoms with Crippen molar-refractivity contribution in [2.24, 2.45) is 11.3 Å². The molecule has 0 aromatic carbocycles. The number of hydrogen-bond donors (Lipinski definition) is 3. The second kappa shape index (κ2) is 13.4. The first-order valence-corrected chi connectivity index (χ1v) is 16.0. The summed E-state index contributed by atoms with van der Waals surface area (Å²) in [6.45, 7) is 6.50. The maximum atomic E-state index is 13.1. The number of carbonyl (C=O) groups excluding carboxylic acids is 1. The van der Waals surface area contributed by atoms with Gasteiger partial charge in [-0.2, -0.15) is 18.6 Å². The lowest BCUT2D eigenvalue weighted by molar-refractivity contribution is -0.192. The number of nitrogens with one attached hydrogen (secondary N) is 3. The fraction of sp³-hybridized carbons (Fsp3) is 0.567. The minimum absolute atomic E-state index is 0.00747. The average molecular weight is 654 g/mol. The van der Waals surface area contributed by atoms with E-state index in [0.29, 0.717) is 5.82 Å². The Morgan fingerprint density at radius 1 is 1.27 bits per heavy atom. The highest BCUT2D eigenvalue weighted by Crippen LogP contribution is 2.59. The molecular weight excluding hydrogens is 615 g/mol. The zero-order valence-corrected chi connectivity index (χ0v) is 26.7. The van der Waals surface area contributed by atoms with E-state index in [1.807, 2.05) is 19.2 Å². The molecule has 4 heterocycles. The summed E-state index contributed by atoms with van der Waals surface area (Å²) in [6, 6.07) is 7.02. The van der Waals surface area contributed by atoms with Crippen LogP contribution < -0.4 is 25.4 Å². The molecule has 2 aliphatic heterocycles. The molecule has 0 bridgehead atoms. The molecule has 44 heavy (non-hydrogen) atoms. The molecule has 2 unspecified atom stereocenters. The van der Waals surface area contributed by atoms with Crippen LogP contribution in [0.4, 0.5) is 24.8 Å². The van der Waals surface area contributed by atoms with Crippen LogP contribution in [0.15, 0.2) is 47.6 Å². The maximum absolute atomic E-state index is 13.1. The number of amides is 1. The second-order valence-electron chi connectivity index (χ2n) is 12.5. The van der Waals surface area contributed by atoms with Crippen LogP contribution in [-0.2, 0) is 4.74 Å². The van der Waals surface area contributed by atoms with Gasteiger partial charge in [0.05, 0.1) is 11.0 Å². The molecule has 2 fully saturated rings. The molecule has 3 aliphatic rings. The molecule has 2 atom stereocenters. The largest absolute Gasteiger partial charge is 0.394 e. The molecule has 2 aromatic rings. The summed E-state index contributed by atoms with van der Waals surface area (Å²) in [7, 11) is 2.04. The van der Waals surface area contributed by atoms with Crippen LogP contribution in [0.5, 0.6) is 0 Å². The Morgan fingerprint density at radius 2 is 2.07 bits per heavy atom. The third-order valence-electron chi connectivity index (χ3n) is 8.48. The number of aromatic nitrogens is 2. The van der Waals surface area contributed by atoms with Crippen LogP contribution >= 0.6 is 23.5 Å². The standard InChI is InChI=1S/C30H39ClF3N7O2S/c1-28(2)17-20(18-36-28)5-4-14-40(3)23-8-6-21(19-35-23)44-39-27(42)22-7-9-24(37-26(22)31)41-15-10-25(38-41)43-16-13-29(11-12-29)30(32,33)34/h6-10,15,19-20,25,36,38H,4-5,11-14,16-18H2,1-3H3,(H,39,42). The Balaban J connectivity index is 1.04. The quantitative estimate of drug-likeness (QED) is 0.176. The average Bonchev–Trinajstić information content (AvgIpc) is 3.50. The lowest BCUT2D eigenvalue weighted by Crippen LogP contribution is -2.38. The molecule has 1 amide bonds. The molecule has 240 valence electrons. The summed E-state index contributed by atoms with van der Waals surface area (Å²) in [5.41, 5.74) is 1.84. The minimum Gasteiger partial charge on any atom is -0.360 e. The first kappa shape index (κ1) is 32.8. The van der Waals surface area contributed by atoms with Crippen LogP contribution in [0.1, 0.15) is 62.7 Å². The second-order valence-corrected chi connectivity index (χ2v) is 13.7. The third kappa shape index (κ3) is 8.16. The highest BCUT2D eigenvalue weighted by molar-refractivity contribution is 7.98. The number of ether oxygens (including phenoxy) is 1. The topological polar surface area (TPSA) is 94.7 Å². The zero-order valence-electron chi connectivity index (χ0n) is 25.1.